The minimum absolute atomic E-state index is 0.134. The maximum absolute atomic E-state index is 13.1. The highest BCUT2D eigenvalue weighted by Gasteiger charge is 2.61. The Kier molecular flexibility index (Phi) is 2.57. The second kappa shape index (κ2) is 4.03. The number of ketones is 2. The molecule has 0 aromatic carbocycles. The third-order valence-corrected chi connectivity index (χ3v) is 6.35. The van der Waals surface area contributed by atoms with Gasteiger partial charge in [0.15, 0.2) is 0 Å². The van der Waals surface area contributed by atoms with E-state index < -0.39 is 0 Å². The highest BCUT2D eigenvalue weighted by atomic mass is 16.1. The van der Waals surface area contributed by atoms with Crippen LogP contribution in [0, 0.1) is 23.2 Å². The Morgan fingerprint density at radius 2 is 2.05 bits per heavy atom. The zero-order valence-corrected chi connectivity index (χ0v) is 12.4. The Bertz CT molecular complexity index is 535. The summed E-state index contributed by atoms with van der Waals surface area (Å²) in [5, 5.41) is 0. The first-order chi connectivity index (χ1) is 9.51. The average molecular weight is 273 g/mol. The number of carbonyl (C=O) groups is 2. The van der Waals surface area contributed by atoms with Crippen molar-refractivity contribution in [3.63, 3.8) is 0 Å². The van der Waals surface area contributed by atoms with Gasteiger partial charge in [0.2, 0.25) is 0 Å². The fraction of sp³-hybridized carbons (Fsp3) is 0.765. The summed E-state index contributed by atoms with van der Waals surface area (Å²) in [6.07, 6.45) is 4.20. The van der Waals surface area contributed by atoms with Crippen molar-refractivity contribution in [1.82, 2.24) is 4.90 Å². The molecule has 3 aliphatic carbocycles. The van der Waals surface area contributed by atoms with Crippen LogP contribution in [0.1, 0.15) is 39.0 Å². The number of hydrogen-bond acceptors (Lipinski definition) is 3. The third-order valence-electron chi connectivity index (χ3n) is 6.35. The van der Waals surface area contributed by atoms with Crippen molar-refractivity contribution in [2.75, 3.05) is 20.1 Å². The monoisotopic (exact) mass is 273 g/mol. The van der Waals surface area contributed by atoms with E-state index in [2.05, 4.69) is 18.9 Å². The Hall–Kier alpha value is -0.960. The quantitative estimate of drug-likeness (QED) is 0.635. The molecule has 1 aliphatic heterocycles. The van der Waals surface area contributed by atoms with E-state index in [4.69, 9.17) is 0 Å². The second-order valence-electron chi connectivity index (χ2n) is 7.62. The SMILES string of the molecule is C[C@H]1C[C@@H]2CC(=O)C[C@@]23CC2=C(CCN(C)C2)[C@@H]1C3=O. The van der Waals surface area contributed by atoms with Crippen LogP contribution in [0.15, 0.2) is 11.1 Å². The lowest BCUT2D eigenvalue weighted by molar-refractivity contribution is -0.142. The molecule has 20 heavy (non-hydrogen) atoms. The van der Waals surface area contributed by atoms with E-state index in [0.717, 1.165) is 32.4 Å². The maximum atomic E-state index is 13.1. The molecule has 0 radical (unpaired) electrons. The average Bonchev–Trinajstić information content (AvgIpc) is 2.67. The van der Waals surface area contributed by atoms with Crippen LogP contribution in [-0.2, 0) is 9.59 Å². The van der Waals surface area contributed by atoms with Gasteiger partial charge < -0.3 is 4.90 Å². The summed E-state index contributed by atoms with van der Waals surface area (Å²) in [6.45, 7) is 4.31. The Morgan fingerprint density at radius 1 is 1.25 bits per heavy atom. The summed E-state index contributed by atoms with van der Waals surface area (Å²) in [5.74, 6) is 1.64. The van der Waals surface area contributed by atoms with Crippen molar-refractivity contribution in [1.29, 1.82) is 0 Å². The summed E-state index contributed by atoms with van der Waals surface area (Å²) in [6, 6.07) is 0. The van der Waals surface area contributed by atoms with Gasteiger partial charge in [0.25, 0.3) is 0 Å². The van der Waals surface area contributed by atoms with E-state index in [1.807, 2.05) is 0 Å². The lowest BCUT2D eigenvalue weighted by atomic mass is 9.52. The standard InChI is InChI=1S/C17H23NO2/c1-10-5-12-6-13(19)8-17(12)7-11-9-18(2)4-3-14(11)15(10)16(17)20/h10,12,15H,3-9H2,1-2H3/t10-,12+,15+,17-/m0/s1. The summed E-state index contributed by atoms with van der Waals surface area (Å²) in [5.41, 5.74) is 2.64. The van der Waals surface area contributed by atoms with Gasteiger partial charge >= 0.3 is 0 Å². The van der Waals surface area contributed by atoms with Crippen molar-refractivity contribution in [3.8, 4) is 0 Å². The zero-order chi connectivity index (χ0) is 14.1. The van der Waals surface area contributed by atoms with E-state index >= 15 is 0 Å². The molecule has 4 atom stereocenters. The molecular formula is C17H23NO2. The first-order valence-electron chi connectivity index (χ1n) is 7.96. The molecule has 0 aromatic rings. The Morgan fingerprint density at radius 3 is 2.85 bits per heavy atom. The van der Waals surface area contributed by atoms with Crippen molar-refractivity contribution in [3.05, 3.63) is 11.1 Å². The molecule has 1 heterocycles. The normalized spacial score (nSPS) is 44.6. The van der Waals surface area contributed by atoms with E-state index in [0.29, 0.717) is 36.2 Å². The highest BCUT2D eigenvalue weighted by molar-refractivity contribution is 5.99. The van der Waals surface area contributed by atoms with Crippen LogP contribution in [0.3, 0.4) is 0 Å². The van der Waals surface area contributed by atoms with Crippen LogP contribution >= 0.6 is 0 Å². The number of likely N-dealkylation sites (N-methyl/N-ethyl adjacent to an activating group) is 1. The van der Waals surface area contributed by atoms with Crippen LogP contribution in [0.2, 0.25) is 0 Å². The van der Waals surface area contributed by atoms with Crippen LogP contribution in [0.5, 0.6) is 0 Å². The summed E-state index contributed by atoms with van der Waals surface area (Å²) < 4.78 is 0. The molecule has 4 rings (SSSR count). The molecule has 0 aromatic heterocycles. The second-order valence-corrected chi connectivity index (χ2v) is 7.62. The molecule has 0 unspecified atom stereocenters. The van der Waals surface area contributed by atoms with E-state index in [1.54, 1.807) is 0 Å². The smallest absolute Gasteiger partial charge is 0.147 e. The largest absolute Gasteiger partial charge is 0.302 e. The third kappa shape index (κ3) is 1.50. The molecule has 0 amide bonds. The zero-order valence-electron chi connectivity index (χ0n) is 12.4. The first kappa shape index (κ1) is 12.8. The van der Waals surface area contributed by atoms with E-state index in [9.17, 15) is 9.59 Å². The molecule has 3 nitrogen and oxygen atoms in total. The number of nitrogens with zero attached hydrogens (tertiary/aromatic N) is 1. The molecule has 3 heteroatoms. The van der Waals surface area contributed by atoms with Gasteiger partial charge in [0.05, 0.1) is 0 Å². The van der Waals surface area contributed by atoms with Crippen molar-refractivity contribution >= 4 is 11.6 Å². The first-order valence-corrected chi connectivity index (χ1v) is 7.96. The number of carbonyl (C=O) groups excluding carboxylic acids is 2. The molecule has 2 bridgehead atoms. The number of rotatable bonds is 0. The van der Waals surface area contributed by atoms with Crippen molar-refractivity contribution in [2.45, 2.75) is 39.0 Å². The lowest BCUT2D eigenvalue weighted by Crippen LogP contribution is -2.52. The van der Waals surface area contributed by atoms with Crippen LogP contribution in [0.25, 0.3) is 0 Å². The Balaban J connectivity index is 1.83. The molecule has 2 fully saturated rings. The minimum atomic E-state index is -0.300. The molecular weight excluding hydrogens is 250 g/mol. The number of Topliss-reactive ketones (excluding diaryl/α,β-unsaturated/α-hetero) is 2. The molecule has 108 valence electrons. The number of hydrogen-bond donors (Lipinski definition) is 0. The van der Waals surface area contributed by atoms with Gasteiger partial charge in [-0.2, -0.15) is 0 Å². The molecule has 0 saturated heterocycles. The predicted octanol–water partition coefficient (Wildman–Crippen LogP) is 2.21. The van der Waals surface area contributed by atoms with Gasteiger partial charge in [-0.1, -0.05) is 18.1 Å². The van der Waals surface area contributed by atoms with Crippen molar-refractivity contribution in [2.24, 2.45) is 23.2 Å². The fourth-order valence-corrected chi connectivity index (χ4v) is 5.50. The van der Waals surface area contributed by atoms with Gasteiger partial charge in [-0.3, -0.25) is 9.59 Å². The van der Waals surface area contributed by atoms with E-state index in [-0.39, 0.29) is 11.3 Å². The van der Waals surface area contributed by atoms with Gasteiger partial charge in [-0.05, 0) is 38.1 Å². The minimum Gasteiger partial charge on any atom is -0.302 e. The summed E-state index contributed by atoms with van der Waals surface area (Å²) in [7, 11) is 2.16. The van der Waals surface area contributed by atoms with Gasteiger partial charge in [0, 0.05) is 37.3 Å². The van der Waals surface area contributed by atoms with Crippen molar-refractivity contribution < 1.29 is 9.59 Å². The maximum Gasteiger partial charge on any atom is 0.147 e. The molecule has 2 saturated carbocycles. The fourth-order valence-electron chi connectivity index (χ4n) is 5.50. The Labute approximate surface area is 120 Å². The van der Waals surface area contributed by atoms with Crippen LogP contribution < -0.4 is 0 Å². The predicted molar refractivity (Wildman–Crippen MR) is 76.2 cm³/mol. The lowest BCUT2D eigenvalue weighted by Gasteiger charge is -2.51. The molecule has 1 spiro atoms. The summed E-state index contributed by atoms with van der Waals surface area (Å²) >= 11 is 0. The van der Waals surface area contributed by atoms with Crippen LogP contribution in [-0.4, -0.2) is 36.6 Å². The van der Waals surface area contributed by atoms with Crippen LogP contribution in [0.4, 0.5) is 0 Å². The summed E-state index contributed by atoms with van der Waals surface area (Å²) in [4.78, 5) is 27.5. The molecule has 4 aliphatic rings. The van der Waals surface area contributed by atoms with Gasteiger partial charge in [-0.25, -0.2) is 0 Å². The molecule has 0 N–H and O–H groups in total. The van der Waals surface area contributed by atoms with E-state index in [1.165, 1.54) is 11.1 Å². The topological polar surface area (TPSA) is 37.4 Å². The highest BCUT2D eigenvalue weighted by Crippen LogP contribution is 2.60. The van der Waals surface area contributed by atoms with Gasteiger partial charge in [0.1, 0.15) is 11.6 Å². The number of fused-ring (bicyclic) bond motifs is 2. The van der Waals surface area contributed by atoms with Gasteiger partial charge in [-0.15, -0.1) is 0 Å².